The van der Waals surface area contributed by atoms with Crippen molar-refractivity contribution in [1.29, 1.82) is 0 Å². The quantitative estimate of drug-likeness (QED) is 0.765. The average molecular weight is 348 g/mol. The van der Waals surface area contributed by atoms with Gasteiger partial charge in [0.1, 0.15) is 16.7 Å². The number of nitrogens with one attached hydrogen (secondary N) is 1. The Morgan fingerprint density at radius 3 is 2.79 bits per heavy atom. The van der Waals surface area contributed by atoms with Crippen LogP contribution in [-0.2, 0) is 14.3 Å². The molecule has 0 aliphatic carbocycles. The maximum Gasteiger partial charge on any atom is 0.337 e. The van der Waals surface area contributed by atoms with Crippen LogP contribution in [0.5, 0.6) is 0 Å². The molecule has 2 N–H and O–H groups in total. The van der Waals surface area contributed by atoms with Crippen molar-refractivity contribution in [1.82, 2.24) is 13.6 Å². The molecular weight excluding hydrogens is 332 g/mol. The number of ether oxygens (including phenoxy) is 1. The number of methoxy groups -OCH3 is 1. The molecule has 24 heavy (non-hydrogen) atoms. The Balaban J connectivity index is 1.98. The molecule has 126 valence electrons. The number of fused-ring (bicyclic) bond motifs is 1. The van der Waals surface area contributed by atoms with E-state index in [-0.39, 0.29) is 36.9 Å². The molecule has 3 rings (SSSR count). The zero-order valence-electron chi connectivity index (χ0n) is 13.2. The molecule has 1 aromatic heterocycles. The van der Waals surface area contributed by atoms with Gasteiger partial charge >= 0.3 is 5.97 Å². The molecule has 1 aliphatic rings. The molecule has 2 aromatic rings. The summed E-state index contributed by atoms with van der Waals surface area (Å²) in [4.78, 5) is 25.9. The molecule has 2 heterocycles. The first kappa shape index (κ1) is 16.3. The highest BCUT2D eigenvalue weighted by Gasteiger charge is 2.34. The molecule has 8 nitrogen and oxygen atoms in total. The van der Waals surface area contributed by atoms with E-state index in [2.05, 4.69) is 14.1 Å². The Bertz CT molecular complexity index is 845. The van der Waals surface area contributed by atoms with Gasteiger partial charge in [-0.05, 0) is 24.6 Å². The number of carbonyl (C=O) groups excluding carboxylic acids is 2. The molecular formula is C15H16N4O4S. The molecule has 1 amide bonds. The molecule has 1 aliphatic heterocycles. The van der Waals surface area contributed by atoms with E-state index in [9.17, 15) is 9.59 Å². The summed E-state index contributed by atoms with van der Waals surface area (Å²) in [6.07, 6.45) is 0. The number of aryl methyl sites for hydroxylation is 1. The molecule has 0 atom stereocenters. The van der Waals surface area contributed by atoms with Crippen molar-refractivity contribution in [2.45, 2.75) is 6.92 Å². The topological polar surface area (TPSA) is 105 Å². The Kier molecular flexibility index (Phi) is 4.45. The number of hydrogen-bond donors (Lipinski definition) is 2. The van der Waals surface area contributed by atoms with E-state index in [4.69, 9.17) is 9.84 Å². The summed E-state index contributed by atoms with van der Waals surface area (Å²) >= 11 is 1.11. The number of amides is 1. The van der Waals surface area contributed by atoms with Crippen molar-refractivity contribution >= 4 is 40.3 Å². The number of β-amino-alcohol motifs (C(OH)–C–C–N with tert-alkyl or cyclic N) is 1. The second kappa shape index (κ2) is 6.54. The van der Waals surface area contributed by atoms with Crippen molar-refractivity contribution in [3.05, 3.63) is 29.0 Å². The summed E-state index contributed by atoms with van der Waals surface area (Å²) in [5.74, 6) is -0.916. The number of anilines is 1. The van der Waals surface area contributed by atoms with Crippen molar-refractivity contribution < 1.29 is 19.4 Å². The highest BCUT2D eigenvalue weighted by molar-refractivity contribution is 7.00. The fraction of sp³-hybridized carbons (Fsp3) is 0.333. The number of carbonyl (C=O) groups is 2. The van der Waals surface area contributed by atoms with E-state index in [1.165, 1.54) is 12.0 Å². The Morgan fingerprint density at radius 2 is 2.12 bits per heavy atom. The highest BCUT2D eigenvalue weighted by Crippen LogP contribution is 2.27. The monoisotopic (exact) mass is 348 g/mol. The van der Waals surface area contributed by atoms with Crippen LogP contribution in [-0.4, -0.2) is 57.4 Å². The third-order valence-corrected chi connectivity index (χ3v) is 4.37. The first-order valence-electron chi connectivity index (χ1n) is 7.26. The van der Waals surface area contributed by atoms with E-state index in [1.54, 1.807) is 6.07 Å². The number of nitrogens with zero attached hydrogens (tertiary/aromatic N) is 3. The molecule has 1 aromatic carbocycles. The Morgan fingerprint density at radius 1 is 1.42 bits per heavy atom. The molecule has 0 radical (unpaired) electrons. The minimum absolute atomic E-state index is 0.105. The molecule has 0 fully saturated rings. The average Bonchev–Trinajstić information content (AvgIpc) is 3.13. The minimum Gasteiger partial charge on any atom is -0.466 e. The fourth-order valence-electron chi connectivity index (χ4n) is 2.55. The highest BCUT2D eigenvalue weighted by atomic mass is 32.1. The van der Waals surface area contributed by atoms with Crippen LogP contribution < -0.4 is 5.32 Å². The predicted molar refractivity (Wildman–Crippen MR) is 88.5 cm³/mol. The van der Waals surface area contributed by atoms with Gasteiger partial charge in [-0.3, -0.25) is 4.79 Å². The maximum absolute atomic E-state index is 12.5. The second-order valence-electron chi connectivity index (χ2n) is 5.34. The Hall–Kier alpha value is -2.52. The summed E-state index contributed by atoms with van der Waals surface area (Å²) in [6.45, 7) is 1.96. The lowest BCUT2D eigenvalue weighted by atomic mass is 10.1. The van der Waals surface area contributed by atoms with Crippen LogP contribution in [0.2, 0.25) is 0 Å². The standard InChI is InChI=1S/C15H16N4O4S/c1-8-5-11-12(18-24-17-11)6-10(8)16-13-9(15(22)23-2)7-19(3-4-20)14(13)21/h5-6,16,20H,3-4,7H2,1-2H3. The third-order valence-electron chi connectivity index (χ3n) is 3.81. The van der Waals surface area contributed by atoms with Crippen LogP contribution in [0.15, 0.2) is 23.4 Å². The van der Waals surface area contributed by atoms with Gasteiger partial charge < -0.3 is 20.1 Å². The van der Waals surface area contributed by atoms with Gasteiger partial charge in [0.05, 0.1) is 37.6 Å². The first-order chi connectivity index (χ1) is 11.5. The van der Waals surface area contributed by atoms with Crippen LogP contribution in [0.4, 0.5) is 5.69 Å². The van der Waals surface area contributed by atoms with Gasteiger partial charge in [-0.1, -0.05) is 0 Å². The van der Waals surface area contributed by atoms with Crippen LogP contribution >= 0.6 is 11.7 Å². The number of rotatable bonds is 5. The van der Waals surface area contributed by atoms with E-state index in [0.29, 0.717) is 11.2 Å². The summed E-state index contributed by atoms with van der Waals surface area (Å²) in [5, 5.41) is 12.1. The zero-order chi connectivity index (χ0) is 17.3. The van der Waals surface area contributed by atoms with Gasteiger partial charge in [0.15, 0.2) is 0 Å². The number of hydrogen-bond acceptors (Lipinski definition) is 8. The van der Waals surface area contributed by atoms with Gasteiger partial charge in [-0.15, -0.1) is 0 Å². The smallest absolute Gasteiger partial charge is 0.337 e. The number of benzene rings is 1. The lowest BCUT2D eigenvalue weighted by Gasteiger charge is -2.15. The normalized spacial score (nSPS) is 14.6. The van der Waals surface area contributed by atoms with Crippen molar-refractivity contribution in [2.24, 2.45) is 0 Å². The van der Waals surface area contributed by atoms with Crippen LogP contribution in [0.25, 0.3) is 11.0 Å². The molecule has 0 unspecified atom stereocenters. The fourth-order valence-corrected chi connectivity index (χ4v) is 3.06. The van der Waals surface area contributed by atoms with Crippen LogP contribution in [0, 0.1) is 6.92 Å². The van der Waals surface area contributed by atoms with Gasteiger partial charge in [0.2, 0.25) is 0 Å². The number of aliphatic hydroxyl groups is 1. The zero-order valence-corrected chi connectivity index (χ0v) is 14.0. The molecule has 0 spiro atoms. The summed E-state index contributed by atoms with van der Waals surface area (Å²) < 4.78 is 13.1. The number of aliphatic hydroxyl groups excluding tert-OH is 1. The van der Waals surface area contributed by atoms with Crippen LogP contribution in [0.3, 0.4) is 0 Å². The molecule has 0 bridgehead atoms. The molecule has 9 heteroatoms. The first-order valence-corrected chi connectivity index (χ1v) is 7.99. The molecule has 0 saturated carbocycles. The van der Waals surface area contributed by atoms with E-state index < -0.39 is 5.97 Å². The van der Waals surface area contributed by atoms with Gasteiger partial charge in [0, 0.05) is 12.2 Å². The number of aromatic nitrogens is 2. The van der Waals surface area contributed by atoms with E-state index in [1.807, 2.05) is 13.0 Å². The van der Waals surface area contributed by atoms with Crippen molar-refractivity contribution in [3.8, 4) is 0 Å². The lowest BCUT2D eigenvalue weighted by molar-refractivity contribution is -0.136. The summed E-state index contributed by atoms with van der Waals surface area (Å²) in [6, 6.07) is 3.66. The third kappa shape index (κ3) is 2.83. The minimum atomic E-state index is -0.569. The molecule has 0 saturated heterocycles. The summed E-state index contributed by atoms with van der Waals surface area (Å²) in [5.41, 5.74) is 3.45. The van der Waals surface area contributed by atoms with E-state index >= 15 is 0 Å². The Labute approximate surface area is 142 Å². The van der Waals surface area contributed by atoms with Crippen LogP contribution in [0.1, 0.15) is 5.56 Å². The van der Waals surface area contributed by atoms with Gasteiger partial charge in [0.25, 0.3) is 5.91 Å². The van der Waals surface area contributed by atoms with Crippen molar-refractivity contribution in [2.75, 3.05) is 32.1 Å². The van der Waals surface area contributed by atoms with Gasteiger partial charge in [-0.2, -0.15) is 8.75 Å². The largest absolute Gasteiger partial charge is 0.466 e. The number of esters is 1. The maximum atomic E-state index is 12.5. The lowest BCUT2D eigenvalue weighted by Crippen LogP contribution is -2.31. The van der Waals surface area contributed by atoms with E-state index in [0.717, 1.165) is 22.8 Å². The van der Waals surface area contributed by atoms with Crippen molar-refractivity contribution in [3.63, 3.8) is 0 Å². The second-order valence-corrected chi connectivity index (χ2v) is 5.87. The predicted octanol–water partition coefficient (Wildman–Crippen LogP) is 0.673. The summed E-state index contributed by atoms with van der Waals surface area (Å²) in [7, 11) is 1.27. The van der Waals surface area contributed by atoms with Gasteiger partial charge in [-0.25, -0.2) is 4.79 Å². The SMILES string of the molecule is COC(=O)C1=C(Nc2cc3nsnc3cc2C)C(=O)N(CCO)C1.